The molecule has 0 unspecified atom stereocenters. The highest BCUT2D eigenvalue weighted by molar-refractivity contribution is 5.70. The highest BCUT2D eigenvalue weighted by atomic mass is 16.5. The third kappa shape index (κ3) is 6.62. The predicted molar refractivity (Wildman–Crippen MR) is 123 cm³/mol. The van der Waals surface area contributed by atoms with E-state index in [1.54, 1.807) is 0 Å². The van der Waals surface area contributed by atoms with Crippen LogP contribution in [-0.4, -0.2) is 17.7 Å². The van der Waals surface area contributed by atoms with E-state index in [1.807, 2.05) is 0 Å². The Hall–Kier alpha value is -2.29. The third-order valence-electron chi connectivity index (χ3n) is 6.41. The molecular formula is C27H36O3. The molecule has 0 aliphatic heterocycles. The first-order valence-corrected chi connectivity index (χ1v) is 11.7. The van der Waals surface area contributed by atoms with Crippen LogP contribution in [0.25, 0.3) is 11.1 Å². The fourth-order valence-electron chi connectivity index (χ4n) is 4.44. The van der Waals surface area contributed by atoms with Gasteiger partial charge in [0.2, 0.25) is 0 Å². The monoisotopic (exact) mass is 408 g/mol. The summed E-state index contributed by atoms with van der Waals surface area (Å²) in [5.41, 5.74) is 3.74. The Morgan fingerprint density at radius 1 is 0.833 bits per heavy atom. The summed E-state index contributed by atoms with van der Waals surface area (Å²) in [7, 11) is 0. The van der Waals surface area contributed by atoms with Crippen molar-refractivity contribution in [2.24, 2.45) is 5.92 Å². The van der Waals surface area contributed by atoms with Crippen molar-refractivity contribution in [3.05, 3.63) is 54.1 Å². The van der Waals surface area contributed by atoms with Crippen molar-refractivity contribution in [3.8, 4) is 16.9 Å². The minimum Gasteiger partial charge on any atom is -0.494 e. The molecule has 162 valence electrons. The van der Waals surface area contributed by atoms with Crippen LogP contribution in [0, 0.1) is 5.92 Å². The van der Waals surface area contributed by atoms with Gasteiger partial charge in [-0.3, -0.25) is 4.79 Å². The Morgan fingerprint density at radius 3 is 2.00 bits per heavy atom. The fraction of sp³-hybridized carbons (Fsp3) is 0.519. The second-order valence-corrected chi connectivity index (χ2v) is 8.65. The molecule has 1 N–H and O–H groups in total. The van der Waals surface area contributed by atoms with Crippen LogP contribution in [0.3, 0.4) is 0 Å². The molecule has 1 aliphatic carbocycles. The molecule has 0 spiro atoms. The molecule has 1 aliphatic rings. The molecule has 0 atom stereocenters. The van der Waals surface area contributed by atoms with E-state index in [4.69, 9.17) is 9.84 Å². The molecule has 0 saturated heterocycles. The molecule has 0 bridgehead atoms. The molecule has 2 aromatic rings. The molecule has 0 heterocycles. The molecule has 3 rings (SSSR count). The van der Waals surface area contributed by atoms with Crippen LogP contribution in [-0.2, 0) is 4.79 Å². The number of carboxylic acids is 1. The van der Waals surface area contributed by atoms with Crippen LogP contribution < -0.4 is 4.74 Å². The van der Waals surface area contributed by atoms with Crippen LogP contribution in [0.4, 0.5) is 0 Å². The Morgan fingerprint density at radius 2 is 1.40 bits per heavy atom. The number of unbranched alkanes of at least 4 members (excludes halogenated alkanes) is 5. The third-order valence-corrected chi connectivity index (χ3v) is 6.41. The van der Waals surface area contributed by atoms with Crippen LogP contribution >= 0.6 is 0 Å². The lowest BCUT2D eigenvalue weighted by Crippen LogP contribution is -2.20. The zero-order chi connectivity index (χ0) is 21.2. The highest BCUT2D eigenvalue weighted by Crippen LogP contribution is 2.36. The summed E-state index contributed by atoms with van der Waals surface area (Å²) < 4.78 is 5.89. The van der Waals surface area contributed by atoms with Crippen molar-refractivity contribution in [3.63, 3.8) is 0 Å². The summed E-state index contributed by atoms with van der Waals surface area (Å²) in [6.07, 6.45) is 11.2. The summed E-state index contributed by atoms with van der Waals surface area (Å²) in [4.78, 5) is 11.1. The maximum Gasteiger partial charge on any atom is 0.306 e. The molecule has 2 aromatic carbocycles. The lowest BCUT2D eigenvalue weighted by Gasteiger charge is -2.26. The Kier molecular flexibility index (Phi) is 8.80. The minimum atomic E-state index is -0.636. The van der Waals surface area contributed by atoms with Crippen molar-refractivity contribution >= 4 is 5.97 Å². The van der Waals surface area contributed by atoms with Gasteiger partial charge in [-0.2, -0.15) is 0 Å². The number of aliphatic carboxylic acids is 1. The first kappa shape index (κ1) is 22.4. The number of rotatable bonds is 11. The second kappa shape index (κ2) is 11.8. The van der Waals surface area contributed by atoms with Gasteiger partial charge in [0.15, 0.2) is 0 Å². The van der Waals surface area contributed by atoms with Gasteiger partial charge in [0, 0.05) is 0 Å². The van der Waals surface area contributed by atoms with Crippen LogP contribution in [0.1, 0.15) is 82.6 Å². The average molecular weight is 409 g/mol. The van der Waals surface area contributed by atoms with Crippen molar-refractivity contribution < 1.29 is 14.6 Å². The summed E-state index contributed by atoms with van der Waals surface area (Å²) in [5, 5.41) is 9.17. The number of benzene rings is 2. The van der Waals surface area contributed by atoms with Gasteiger partial charge in [-0.1, -0.05) is 75.4 Å². The first-order valence-electron chi connectivity index (χ1n) is 11.7. The van der Waals surface area contributed by atoms with E-state index in [0.717, 1.165) is 44.5 Å². The van der Waals surface area contributed by atoms with E-state index < -0.39 is 5.97 Å². The lowest BCUT2D eigenvalue weighted by molar-refractivity contribution is -0.142. The summed E-state index contributed by atoms with van der Waals surface area (Å²) >= 11 is 0. The van der Waals surface area contributed by atoms with Crippen LogP contribution in [0.2, 0.25) is 0 Å². The Balaban J connectivity index is 1.45. The van der Waals surface area contributed by atoms with E-state index >= 15 is 0 Å². The van der Waals surface area contributed by atoms with Gasteiger partial charge in [-0.15, -0.1) is 0 Å². The van der Waals surface area contributed by atoms with Crippen molar-refractivity contribution in [2.75, 3.05) is 6.61 Å². The van der Waals surface area contributed by atoms with Crippen molar-refractivity contribution in [1.82, 2.24) is 0 Å². The molecule has 30 heavy (non-hydrogen) atoms. The molecule has 0 amide bonds. The van der Waals surface area contributed by atoms with Crippen molar-refractivity contribution in [2.45, 2.75) is 77.0 Å². The predicted octanol–water partition coefficient (Wildman–Crippen LogP) is 7.45. The summed E-state index contributed by atoms with van der Waals surface area (Å²) in [5.74, 6) is 0.650. The van der Waals surface area contributed by atoms with Gasteiger partial charge in [0.25, 0.3) is 0 Å². The van der Waals surface area contributed by atoms with Gasteiger partial charge in [0.05, 0.1) is 12.5 Å². The van der Waals surface area contributed by atoms with E-state index in [1.165, 1.54) is 48.8 Å². The SMILES string of the molecule is CCCCCCCCOc1ccc(-c2ccc(C3CCC(C(=O)O)CC3)cc2)cc1. The van der Waals surface area contributed by atoms with E-state index in [0.29, 0.717) is 5.92 Å². The zero-order valence-corrected chi connectivity index (χ0v) is 18.3. The van der Waals surface area contributed by atoms with Gasteiger partial charge in [0.1, 0.15) is 5.75 Å². The molecule has 0 aromatic heterocycles. The maximum absolute atomic E-state index is 11.1. The normalized spacial score (nSPS) is 18.8. The topological polar surface area (TPSA) is 46.5 Å². The van der Waals surface area contributed by atoms with E-state index in [2.05, 4.69) is 55.5 Å². The minimum absolute atomic E-state index is 0.151. The molecule has 0 radical (unpaired) electrons. The maximum atomic E-state index is 11.1. The lowest BCUT2D eigenvalue weighted by atomic mass is 9.78. The quantitative estimate of drug-likeness (QED) is 0.393. The fourth-order valence-corrected chi connectivity index (χ4v) is 4.44. The van der Waals surface area contributed by atoms with Gasteiger partial charge < -0.3 is 9.84 Å². The molecule has 1 saturated carbocycles. The first-order chi connectivity index (χ1) is 14.7. The van der Waals surface area contributed by atoms with Gasteiger partial charge in [-0.05, 0) is 66.8 Å². The summed E-state index contributed by atoms with van der Waals surface area (Å²) in [6.45, 7) is 3.04. The summed E-state index contributed by atoms with van der Waals surface area (Å²) in [6, 6.07) is 17.2. The molecular weight excluding hydrogens is 372 g/mol. The van der Waals surface area contributed by atoms with Gasteiger partial charge in [-0.25, -0.2) is 0 Å². The van der Waals surface area contributed by atoms with E-state index in [9.17, 15) is 4.79 Å². The second-order valence-electron chi connectivity index (χ2n) is 8.65. The number of carbonyl (C=O) groups is 1. The smallest absolute Gasteiger partial charge is 0.306 e. The largest absolute Gasteiger partial charge is 0.494 e. The number of hydrogen-bond acceptors (Lipinski definition) is 2. The average Bonchev–Trinajstić information content (AvgIpc) is 2.79. The van der Waals surface area contributed by atoms with Crippen LogP contribution in [0.5, 0.6) is 5.75 Å². The number of carboxylic acid groups (broad SMARTS) is 1. The highest BCUT2D eigenvalue weighted by Gasteiger charge is 2.26. The van der Waals surface area contributed by atoms with E-state index in [-0.39, 0.29) is 5.92 Å². The zero-order valence-electron chi connectivity index (χ0n) is 18.3. The molecule has 3 nitrogen and oxygen atoms in total. The number of hydrogen-bond donors (Lipinski definition) is 1. The Bertz CT molecular complexity index is 756. The van der Waals surface area contributed by atoms with Crippen LogP contribution in [0.15, 0.2) is 48.5 Å². The Labute approximate surface area is 181 Å². The molecule has 3 heteroatoms. The number of ether oxygens (including phenoxy) is 1. The standard InChI is InChI=1S/C27H36O3/c1-2-3-4-5-6-7-20-30-26-18-16-24(17-19-26)22-10-8-21(9-11-22)23-12-14-25(15-13-23)27(28)29/h8-11,16-19,23,25H,2-7,12-15,20H2,1H3,(H,28,29). The molecule has 1 fully saturated rings. The van der Waals surface area contributed by atoms with Crippen molar-refractivity contribution in [1.29, 1.82) is 0 Å². The van der Waals surface area contributed by atoms with Gasteiger partial charge >= 0.3 is 5.97 Å².